The second-order valence-corrected chi connectivity index (χ2v) is 13.4. The molecule has 0 saturated carbocycles. The molecule has 1 unspecified atom stereocenters. The summed E-state index contributed by atoms with van der Waals surface area (Å²) in [5, 5.41) is 2.52. The van der Waals surface area contributed by atoms with Crippen LogP contribution in [0.4, 0.5) is 0 Å². The molecule has 5 heteroatoms. The van der Waals surface area contributed by atoms with Crippen LogP contribution in [-0.4, -0.2) is 9.25 Å². The second kappa shape index (κ2) is 7.71. The number of hydrogen-bond donors (Lipinski definition) is 0. The zero-order valence-corrected chi connectivity index (χ0v) is 25.9. The van der Waals surface area contributed by atoms with Crippen LogP contribution in [0.5, 0.6) is 11.5 Å². The highest BCUT2D eigenvalue weighted by molar-refractivity contribution is 6.14. The van der Waals surface area contributed by atoms with Gasteiger partial charge in [0, 0.05) is 29.3 Å². The Morgan fingerprint density at radius 3 is 2.11 bits per heavy atom. The number of aryl methyl sites for hydroxylation is 2. The summed E-state index contributed by atoms with van der Waals surface area (Å²) >= 11 is 0. The van der Waals surface area contributed by atoms with E-state index in [4.69, 9.17) is 4.74 Å². The minimum absolute atomic E-state index is 0.550. The normalized spacial score (nSPS) is 18.0. The van der Waals surface area contributed by atoms with Crippen molar-refractivity contribution in [3.63, 3.8) is 0 Å². The van der Waals surface area contributed by atoms with Gasteiger partial charge in [-0.2, -0.15) is 9.13 Å². The van der Waals surface area contributed by atoms with Crippen molar-refractivity contribution in [2.75, 3.05) is 0 Å². The van der Waals surface area contributed by atoms with Crippen molar-refractivity contribution in [2.24, 2.45) is 0 Å². The zero-order chi connectivity index (χ0) is 30.8. The molecular formula is C42H28N4O+2. The minimum atomic E-state index is -0.691. The molecular weight excluding hydrogens is 576 g/mol. The third-order valence-electron chi connectivity index (χ3n) is 11.4. The fourth-order valence-corrected chi connectivity index (χ4v) is 10.0. The van der Waals surface area contributed by atoms with Crippen LogP contribution in [0.25, 0.3) is 33.3 Å². The van der Waals surface area contributed by atoms with Crippen LogP contribution in [0.3, 0.4) is 0 Å². The van der Waals surface area contributed by atoms with Crippen molar-refractivity contribution in [1.82, 2.24) is 9.25 Å². The van der Waals surface area contributed by atoms with Crippen molar-refractivity contribution in [1.29, 1.82) is 0 Å². The Morgan fingerprint density at radius 2 is 1.32 bits per heavy atom. The molecule has 5 aromatic carbocycles. The van der Waals surface area contributed by atoms with Crippen molar-refractivity contribution in [2.45, 2.75) is 24.9 Å². The van der Waals surface area contributed by atoms with E-state index in [9.17, 15) is 0 Å². The van der Waals surface area contributed by atoms with Crippen LogP contribution < -0.4 is 14.0 Å². The van der Waals surface area contributed by atoms with Crippen molar-refractivity contribution >= 4 is 21.8 Å². The summed E-state index contributed by atoms with van der Waals surface area (Å²) in [7, 11) is 0. The first-order valence-corrected chi connectivity index (χ1v) is 16.4. The topological polar surface area (TPSA) is 26.8 Å². The largest absolute Gasteiger partial charge is 0.456 e. The van der Waals surface area contributed by atoms with E-state index >= 15 is 0 Å². The third-order valence-corrected chi connectivity index (χ3v) is 11.4. The monoisotopic (exact) mass is 604 g/mol. The van der Waals surface area contributed by atoms with Crippen LogP contribution in [0, 0.1) is 13.8 Å². The van der Waals surface area contributed by atoms with E-state index in [1.165, 1.54) is 78.1 Å². The highest BCUT2D eigenvalue weighted by Gasteiger charge is 2.70. The van der Waals surface area contributed by atoms with Gasteiger partial charge in [-0.15, -0.1) is 4.68 Å². The second-order valence-electron chi connectivity index (χ2n) is 13.4. The molecule has 1 spiro atoms. The van der Waals surface area contributed by atoms with Gasteiger partial charge in [-0.05, 0) is 60.5 Å². The Balaban J connectivity index is 1.41. The maximum absolute atomic E-state index is 6.89. The Labute approximate surface area is 270 Å². The molecule has 4 aliphatic heterocycles. The number of fused-ring (bicyclic) bond motifs is 3. The quantitative estimate of drug-likeness (QED) is 0.188. The molecule has 7 heterocycles. The maximum atomic E-state index is 6.89. The van der Waals surface area contributed by atoms with Crippen LogP contribution >= 0.6 is 0 Å². The molecule has 0 bridgehead atoms. The number of aromatic nitrogens is 4. The van der Waals surface area contributed by atoms with Gasteiger partial charge in [0.15, 0.2) is 11.1 Å². The van der Waals surface area contributed by atoms with E-state index < -0.39 is 11.1 Å². The predicted molar refractivity (Wildman–Crippen MR) is 180 cm³/mol. The molecule has 12 rings (SSSR count). The molecule has 0 radical (unpaired) electrons. The predicted octanol–water partition coefficient (Wildman–Crippen LogP) is 7.49. The molecule has 3 aromatic heterocycles. The average molecular weight is 605 g/mol. The molecule has 0 saturated heterocycles. The van der Waals surface area contributed by atoms with Crippen LogP contribution in [0.15, 0.2) is 134 Å². The van der Waals surface area contributed by atoms with Gasteiger partial charge >= 0.3 is 5.66 Å². The van der Waals surface area contributed by atoms with Crippen LogP contribution in [0.2, 0.25) is 0 Å². The number of pyridine rings is 1. The van der Waals surface area contributed by atoms with Gasteiger partial charge in [0.05, 0.1) is 22.9 Å². The number of nitrogens with zero attached hydrogens (tertiary/aromatic N) is 4. The molecule has 4 aliphatic rings. The number of para-hydroxylation sites is 1. The Kier molecular flexibility index (Phi) is 3.99. The molecule has 5 nitrogen and oxygen atoms in total. The lowest BCUT2D eigenvalue weighted by atomic mass is 9.63. The van der Waals surface area contributed by atoms with Crippen molar-refractivity contribution in [3.8, 4) is 23.0 Å². The summed E-state index contributed by atoms with van der Waals surface area (Å²) in [5.41, 5.74) is 12.3. The lowest BCUT2D eigenvalue weighted by Gasteiger charge is -2.41. The van der Waals surface area contributed by atoms with E-state index in [-0.39, 0.29) is 0 Å². The molecule has 0 fully saturated rings. The lowest BCUT2D eigenvalue weighted by molar-refractivity contribution is -0.995. The van der Waals surface area contributed by atoms with Gasteiger partial charge in [0.25, 0.3) is 5.82 Å². The molecule has 47 heavy (non-hydrogen) atoms. The van der Waals surface area contributed by atoms with Gasteiger partial charge < -0.3 is 4.74 Å². The summed E-state index contributed by atoms with van der Waals surface area (Å²) in [4.78, 5) is 0. The van der Waals surface area contributed by atoms with Gasteiger partial charge in [0.1, 0.15) is 28.3 Å². The highest BCUT2D eigenvalue weighted by Crippen LogP contribution is 2.60. The number of benzene rings is 5. The van der Waals surface area contributed by atoms with Gasteiger partial charge in [-0.1, -0.05) is 83.5 Å². The Bertz CT molecular complexity index is 2700. The van der Waals surface area contributed by atoms with E-state index in [2.05, 4.69) is 166 Å². The summed E-state index contributed by atoms with van der Waals surface area (Å²) in [6, 6.07) is 47.1. The average Bonchev–Trinajstić information content (AvgIpc) is 3.73. The Hall–Kier alpha value is -5.94. The van der Waals surface area contributed by atoms with Crippen molar-refractivity contribution in [3.05, 3.63) is 178 Å². The molecule has 0 N–H and O–H groups in total. The number of rotatable bonds is 2. The molecule has 0 aliphatic carbocycles. The first kappa shape index (κ1) is 24.3. The maximum Gasteiger partial charge on any atom is 0.397 e. The summed E-state index contributed by atoms with van der Waals surface area (Å²) in [5.74, 6) is 3.02. The van der Waals surface area contributed by atoms with Gasteiger partial charge in [0.2, 0.25) is 5.69 Å². The fraction of sp³-hybridized carbons (Fsp3) is 0.0952. The van der Waals surface area contributed by atoms with Crippen LogP contribution in [-0.2, 0) is 11.1 Å². The van der Waals surface area contributed by atoms with Crippen LogP contribution in [0.1, 0.15) is 44.8 Å². The van der Waals surface area contributed by atoms with E-state index in [1.807, 2.05) is 0 Å². The molecule has 8 aromatic rings. The summed E-state index contributed by atoms with van der Waals surface area (Å²) in [6.45, 7) is 4.46. The van der Waals surface area contributed by atoms with Gasteiger partial charge in [-0.25, -0.2) is 0 Å². The van der Waals surface area contributed by atoms with Gasteiger partial charge in [-0.3, -0.25) is 0 Å². The number of hydrogen-bond acceptors (Lipinski definition) is 1. The highest BCUT2D eigenvalue weighted by atomic mass is 16.5. The smallest absolute Gasteiger partial charge is 0.397 e. The number of ether oxygens (including phenoxy) is 1. The standard InChI is InChI=1S/C42H28N4O/c1-25-24-26(2)46-42-36-33(45(25)46)19-10-20-34(36)47-35-22-21-30-29-16-9-17-31-38(29)44(39(30)37(35)42)40-32(18-11-23-43(40)42)41(31,27-12-5-3-6-13-27)28-14-7-4-8-15-28/h3-24H,1-2H3/q+2. The zero-order valence-electron chi connectivity index (χ0n) is 25.9. The molecule has 220 valence electrons. The molecule has 1 atom stereocenters. The van der Waals surface area contributed by atoms with Crippen molar-refractivity contribution < 1.29 is 14.0 Å². The first-order chi connectivity index (χ1) is 23.2. The SMILES string of the molecule is Cc1cc(C)[n+]2n1-c1cccc3c1C21c2c(ccc4c5cccc6c5n(c24)-c2c(ccc[n+]21)C6(c1ccccc1)c1ccccc1)O3. The molecule has 0 amide bonds. The third kappa shape index (κ3) is 2.35. The lowest BCUT2D eigenvalue weighted by Crippen LogP contribution is -2.78. The summed E-state index contributed by atoms with van der Waals surface area (Å²) < 4.78 is 17.0. The van der Waals surface area contributed by atoms with E-state index in [0.29, 0.717) is 0 Å². The van der Waals surface area contributed by atoms with E-state index in [1.54, 1.807) is 0 Å². The van der Waals surface area contributed by atoms with E-state index in [0.717, 1.165) is 11.5 Å². The minimum Gasteiger partial charge on any atom is -0.456 e. The Morgan fingerprint density at radius 1 is 0.617 bits per heavy atom. The first-order valence-electron chi connectivity index (χ1n) is 16.4. The fourth-order valence-electron chi connectivity index (χ4n) is 10.0. The summed E-state index contributed by atoms with van der Waals surface area (Å²) in [6.07, 6.45) is 2.31.